The molecule has 29 heavy (non-hydrogen) atoms. The smallest absolute Gasteiger partial charge is 0.191 e. The minimum Gasteiger partial charge on any atom is -0.492 e. The highest BCUT2D eigenvalue weighted by Crippen LogP contribution is 2.10. The fraction of sp³-hybridized carbons (Fsp3) is 0.381. The van der Waals surface area contributed by atoms with Crippen LogP contribution in [0.5, 0.6) is 5.75 Å². The number of ether oxygens (including phenoxy) is 1. The van der Waals surface area contributed by atoms with E-state index in [1.54, 1.807) is 12.6 Å². The average molecular weight is 396 g/mol. The van der Waals surface area contributed by atoms with Crippen LogP contribution in [0.1, 0.15) is 24.1 Å². The van der Waals surface area contributed by atoms with Crippen LogP contribution in [-0.2, 0) is 19.5 Å². The first kappa shape index (κ1) is 20.4. The molecule has 0 saturated heterocycles. The van der Waals surface area contributed by atoms with Crippen LogP contribution in [0, 0.1) is 6.92 Å². The monoisotopic (exact) mass is 396 g/mol. The number of nitrogens with one attached hydrogen (secondary N) is 2. The van der Waals surface area contributed by atoms with E-state index < -0.39 is 0 Å². The molecule has 0 radical (unpaired) electrons. The van der Waals surface area contributed by atoms with Crippen molar-refractivity contribution in [2.45, 2.75) is 33.4 Å². The topological polar surface area (TPSA) is 89.5 Å². The van der Waals surface area contributed by atoms with Crippen LogP contribution >= 0.6 is 0 Å². The quantitative estimate of drug-likeness (QED) is 0.311. The van der Waals surface area contributed by atoms with E-state index in [9.17, 15) is 0 Å². The third kappa shape index (κ3) is 6.67. The third-order valence-electron chi connectivity index (χ3n) is 4.31. The second-order valence-corrected chi connectivity index (χ2v) is 6.55. The number of aromatic nitrogens is 3. The minimum absolute atomic E-state index is 0.466. The highest BCUT2D eigenvalue weighted by molar-refractivity contribution is 5.79. The molecular weight excluding hydrogens is 368 g/mol. The second kappa shape index (κ2) is 10.9. The average Bonchev–Trinajstić information content (AvgIpc) is 3.41. The summed E-state index contributed by atoms with van der Waals surface area (Å²) in [4.78, 5) is 4.59. The molecule has 0 fully saturated rings. The summed E-state index contributed by atoms with van der Waals surface area (Å²) in [6, 6.07) is 11.8. The van der Waals surface area contributed by atoms with Crippen LogP contribution in [0.2, 0.25) is 0 Å². The number of benzene rings is 1. The zero-order chi connectivity index (χ0) is 20.3. The van der Waals surface area contributed by atoms with Crippen molar-refractivity contribution in [3.05, 3.63) is 66.1 Å². The number of hydrogen-bond donors (Lipinski definition) is 2. The summed E-state index contributed by atoms with van der Waals surface area (Å²) in [6.45, 7) is 7.22. The lowest BCUT2D eigenvalue weighted by Gasteiger charge is -2.14. The number of aliphatic imine (C=N–C) groups is 1. The SMILES string of the molecule is CCc1nncn1CCNC(=NCc1ccco1)NCCOc1ccc(C)cc1. The molecular formula is C21H28N6O2. The molecule has 154 valence electrons. The van der Waals surface area contributed by atoms with E-state index in [1.165, 1.54) is 5.56 Å². The number of nitrogens with zero attached hydrogens (tertiary/aromatic N) is 4. The maximum absolute atomic E-state index is 5.77. The summed E-state index contributed by atoms with van der Waals surface area (Å²) in [7, 11) is 0. The molecule has 0 unspecified atom stereocenters. The predicted octanol–water partition coefficient (Wildman–Crippen LogP) is 2.56. The first-order valence-electron chi connectivity index (χ1n) is 9.85. The van der Waals surface area contributed by atoms with Crippen molar-refractivity contribution in [1.82, 2.24) is 25.4 Å². The van der Waals surface area contributed by atoms with Gasteiger partial charge in [0.15, 0.2) is 5.96 Å². The maximum Gasteiger partial charge on any atom is 0.191 e. The van der Waals surface area contributed by atoms with Crippen LogP contribution in [0.15, 0.2) is 58.4 Å². The van der Waals surface area contributed by atoms with Crippen molar-refractivity contribution in [2.75, 3.05) is 19.7 Å². The Labute approximate surface area is 171 Å². The van der Waals surface area contributed by atoms with Crippen molar-refractivity contribution in [1.29, 1.82) is 0 Å². The normalized spacial score (nSPS) is 11.4. The standard InChI is InChI=1S/C21H28N6O2/c1-3-20-26-25-16-27(20)12-10-22-21(24-15-19-5-4-13-28-19)23-11-14-29-18-8-6-17(2)7-9-18/h4-9,13,16H,3,10-12,14-15H2,1-2H3,(H2,22,23,24). The minimum atomic E-state index is 0.466. The van der Waals surface area contributed by atoms with Gasteiger partial charge in [-0.2, -0.15) is 0 Å². The first-order valence-corrected chi connectivity index (χ1v) is 9.85. The Bertz CT molecular complexity index is 871. The van der Waals surface area contributed by atoms with Gasteiger partial charge in [0.25, 0.3) is 0 Å². The number of furan rings is 1. The fourth-order valence-corrected chi connectivity index (χ4v) is 2.74. The highest BCUT2D eigenvalue weighted by Gasteiger charge is 2.04. The van der Waals surface area contributed by atoms with Gasteiger partial charge >= 0.3 is 0 Å². The van der Waals surface area contributed by atoms with Crippen LogP contribution < -0.4 is 15.4 Å². The number of hydrogen-bond acceptors (Lipinski definition) is 5. The van der Waals surface area contributed by atoms with Gasteiger partial charge in [-0.05, 0) is 31.2 Å². The van der Waals surface area contributed by atoms with Gasteiger partial charge in [-0.25, -0.2) is 4.99 Å². The lowest BCUT2D eigenvalue weighted by Crippen LogP contribution is -2.40. The molecule has 8 nitrogen and oxygen atoms in total. The Morgan fingerprint density at radius 3 is 2.76 bits per heavy atom. The summed E-state index contributed by atoms with van der Waals surface area (Å²) in [6.07, 6.45) is 4.26. The van der Waals surface area contributed by atoms with Gasteiger partial charge in [0.1, 0.15) is 36.8 Å². The lowest BCUT2D eigenvalue weighted by molar-refractivity contribution is 0.322. The van der Waals surface area contributed by atoms with Crippen molar-refractivity contribution >= 4 is 5.96 Å². The zero-order valence-electron chi connectivity index (χ0n) is 17.0. The fourth-order valence-electron chi connectivity index (χ4n) is 2.74. The van der Waals surface area contributed by atoms with E-state index in [1.807, 2.05) is 41.0 Å². The van der Waals surface area contributed by atoms with Gasteiger partial charge in [0.05, 0.1) is 12.8 Å². The van der Waals surface area contributed by atoms with E-state index in [0.29, 0.717) is 32.2 Å². The van der Waals surface area contributed by atoms with E-state index in [0.717, 1.165) is 30.3 Å². The number of rotatable bonds is 10. The Morgan fingerprint density at radius 2 is 2.00 bits per heavy atom. The summed E-state index contributed by atoms with van der Waals surface area (Å²) in [5.74, 6) is 3.36. The zero-order valence-corrected chi connectivity index (χ0v) is 17.0. The first-order chi connectivity index (χ1) is 14.2. The van der Waals surface area contributed by atoms with Crippen molar-refractivity contribution in [3.63, 3.8) is 0 Å². The van der Waals surface area contributed by atoms with Crippen LogP contribution in [-0.4, -0.2) is 40.4 Å². The maximum atomic E-state index is 5.77. The number of guanidine groups is 1. The van der Waals surface area contributed by atoms with E-state index >= 15 is 0 Å². The molecule has 0 atom stereocenters. The van der Waals surface area contributed by atoms with Gasteiger partial charge in [0, 0.05) is 19.5 Å². The Kier molecular flexibility index (Phi) is 7.68. The van der Waals surface area contributed by atoms with Crippen molar-refractivity contribution in [3.8, 4) is 5.75 Å². The van der Waals surface area contributed by atoms with Gasteiger partial charge < -0.3 is 24.4 Å². The van der Waals surface area contributed by atoms with E-state index in [4.69, 9.17) is 9.15 Å². The molecule has 0 saturated carbocycles. The van der Waals surface area contributed by atoms with Crippen LogP contribution in [0.4, 0.5) is 0 Å². The van der Waals surface area contributed by atoms with Gasteiger partial charge in [-0.1, -0.05) is 24.6 Å². The molecule has 0 aliphatic heterocycles. The molecule has 0 amide bonds. The summed E-state index contributed by atoms with van der Waals surface area (Å²) in [5, 5.41) is 14.7. The molecule has 8 heteroatoms. The third-order valence-corrected chi connectivity index (χ3v) is 4.31. The Hall–Kier alpha value is -3.29. The lowest BCUT2D eigenvalue weighted by atomic mass is 10.2. The Morgan fingerprint density at radius 1 is 1.17 bits per heavy atom. The molecule has 1 aromatic carbocycles. The molecule has 0 spiro atoms. The van der Waals surface area contributed by atoms with Gasteiger partial charge in [0.2, 0.25) is 0 Å². The molecule has 0 bridgehead atoms. The summed E-state index contributed by atoms with van der Waals surface area (Å²) < 4.78 is 13.2. The van der Waals surface area contributed by atoms with Crippen LogP contribution in [0.3, 0.4) is 0 Å². The van der Waals surface area contributed by atoms with E-state index in [2.05, 4.69) is 39.7 Å². The van der Waals surface area contributed by atoms with Crippen molar-refractivity contribution in [2.24, 2.45) is 4.99 Å². The van der Waals surface area contributed by atoms with Crippen LogP contribution in [0.25, 0.3) is 0 Å². The molecule has 2 N–H and O–H groups in total. The van der Waals surface area contributed by atoms with Gasteiger partial charge in [-0.3, -0.25) is 0 Å². The molecule has 3 rings (SSSR count). The van der Waals surface area contributed by atoms with Crippen molar-refractivity contribution < 1.29 is 9.15 Å². The predicted molar refractivity (Wildman–Crippen MR) is 112 cm³/mol. The molecule has 2 aromatic heterocycles. The second-order valence-electron chi connectivity index (χ2n) is 6.55. The molecule has 2 heterocycles. The molecule has 0 aliphatic rings. The molecule has 0 aliphatic carbocycles. The highest BCUT2D eigenvalue weighted by atomic mass is 16.5. The largest absolute Gasteiger partial charge is 0.492 e. The molecule has 3 aromatic rings. The summed E-state index contributed by atoms with van der Waals surface area (Å²) in [5.41, 5.74) is 1.21. The Balaban J connectivity index is 1.48. The van der Waals surface area contributed by atoms with Gasteiger partial charge in [-0.15, -0.1) is 10.2 Å². The summed E-state index contributed by atoms with van der Waals surface area (Å²) >= 11 is 0. The van der Waals surface area contributed by atoms with E-state index in [-0.39, 0.29) is 0 Å². The number of aryl methyl sites for hydroxylation is 2.